The van der Waals surface area contributed by atoms with Crippen molar-refractivity contribution >= 4 is 33.7 Å². The van der Waals surface area contributed by atoms with Gasteiger partial charge in [-0.2, -0.15) is 0 Å². The van der Waals surface area contributed by atoms with E-state index in [-0.39, 0.29) is 5.91 Å². The molecule has 1 aliphatic heterocycles. The summed E-state index contributed by atoms with van der Waals surface area (Å²) in [6.07, 6.45) is 2.20. The monoisotopic (exact) mass is 384 g/mol. The van der Waals surface area contributed by atoms with Gasteiger partial charge in [-0.1, -0.05) is 23.8 Å². The molecule has 3 heterocycles. The fourth-order valence-electron chi connectivity index (χ4n) is 3.08. The van der Waals surface area contributed by atoms with E-state index in [1.807, 2.05) is 27.9 Å². The number of carbonyl (C=O) groups excluding carboxylic acids is 1. The van der Waals surface area contributed by atoms with E-state index in [2.05, 4.69) is 40.0 Å². The summed E-state index contributed by atoms with van der Waals surface area (Å²) in [5.74, 6) is 0.157. The van der Waals surface area contributed by atoms with Crippen molar-refractivity contribution in [3.63, 3.8) is 0 Å². The number of hydrogen-bond acceptors (Lipinski definition) is 6. The first-order chi connectivity index (χ1) is 12.7. The Morgan fingerprint density at radius 3 is 2.77 bits per heavy atom. The maximum absolute atomic E-state index is 12.6. The minimum Gasteiger partial charge on any atom is -0.345 e. The highest BCUT2D eigenvalue weighted by molar-refractivity contribution is 7.13. The van der Waals surface area contributed by atoms with Gasteiger partial charge in [-0.05, 0) is 13.0 Å². The molecule has 0 spiro atoms. The van der Waals surface area contributed by atoms with Gasteiger partial charge in [-0.25, -0.2) is 9.97 Å². The second-order valence-corrected chi connectivity index (χ2v) is 8.10. The molecule has 3 aromatic rings. The molecule has 1 fully saturated rings. The molecular weight excluding hydrogens is 364 g/mol. The molecule has 4 rings (SSSR count). The first-order valence-corrected chi connectivity index (χ1v) is 10.4. The van der Waals surface area contributed by atoms with Gasteiger partial charge in [0.2, 0.25) is 5.91 Å². The van der Waals surface area contributed by atoms with Crippen molar-refractivity contribution in [3.05, 3.63) is 52.5 Å². The van der Waals surface area contributed by atoms with Crippen LogP contribution >= 0.6 is 22.7 Å². The lowest BCUT2D eigenvalue weighted by Crippen LogP contribution is -2.49. The summed E-state index contributed by atoms with van der Waals surface area (Å²) < 4.78 is 0. The van der Waals surface area contributed by atoms with Crippen LogP contribution in [-0.4, -0.2) is 47.0 Å². The van der Waals surface area contributed by atoms with Crippen LogP contribution in [0.15, 0.2) is 41.2 Å². The number of aryl methyl sites for hydroxylation is 1. The van der Waals surface area contributed by atoms with E-state index in [1.165, 1.54) is 5.56 Å². The number of carbonyl (C=O) groups is 1. The van der Waals surface area contributed by atoms with Crippen LogP contribution in [0.1, 0.15) is 11.3 Å². The second-order valence-electron chi connectivity index (χ2n) is 6.37. The number of aromatic nitrogens is 2. The third-order valence-corrected chi connectivity index (χ3v) is 6.24. The van der Waals surface area contributed by atoms with Crippen LogP contribution in [0.25, 0.3) is 10.6 Å². The average Bonchev–Trinajstić information content (AvgIpc) is 3.34. The molecular formula is C19H20N4OS2. The van der Waals surface area contributed by atoms with E-state index in [9.17, 15) is 4.79 Å². The molecule has 1 aliphatic rings. The van der Waals surface area contributed by atoms with Crippen molar-refractivity contribution in [1.82, 2.24) is 14.9 Å². The van der Waals surface area contributed by atoms with Crippen LogP contribution in [0.3, 0.4) is 0 Å². The smallest absolute Gasteiger partial charge is 0.228 e. The van der Waals surface area contributed by atoms with Gasteiger partial charge in [0.25, 0.3) is 0 Å². The van der Waals surface area contributed by atoms with Crippen molar-refractivity contribution in [2.45, 2.75) is 13.3 Å². The number of nitrogens with zero attached hydrogens (tertiary/aromatic N) is 4. The Labute approximate surface area is 160 Å². The van der Waals surface area contributed by atoms with Crippen molar-refractivity contribution in [3.8, 4) is 10.6 Å². The van der Waals surface area contributed by atoms with E-state index >= 15 is 0 Å². The number of amides is 1. The Morgan fingerprint density at radius 1 is 1.19 bits per heavy atom. The Kier molecular flexibility index (Phi) is 4.99. The van der Waals surface area contributed by atoms with Crippen LogP contribution in [0.5, 0.6) is 0 Å². The third-order valence-electron chi connectivity index (χ3n) is 4.47. The molecule has 1 amide bonds. The maximum atomic E-state index is 12.6. The lowest BCUT2D eigenvalue weighted by Gasteiger charge is -2.34. The molecule has 7 heteroatoms. The second kappa shape index (κ2) is 7.55. The summed E-state index contributed by atoms with van der Waals surface area (Å²) in [6.45, 7) is 5.24. The molecule has 1 aromatic carbocycles. The van der Waals surface area contributed by atoms with E-state index in [0.717, 1.165) is 47.6 Å². The molecule has 0 radical (unpaired) electrons. The Balaban J connectivity index is 1.35. The number of thiazole rings is 2. The molecule has 2 aromatic heterocycles. The molecule has 0 unspecified atom stereocenters. The van der Waals surface area contributed by atoms with E-state index in [4.69, 9.17) is 0 Å². The van der Waals surface area contributed by atoms with Gasteiger partial charge in [0.15, 0.2) is 5.13 Å². The zero-order chi connectivity index (χ0) is 17.9. The van der Waals surface area contributed by atoms with E-state index in [0.29, 0.717) is 6.42 Å². The summed E-state index contributed by atoms with van der Waals surface area (Å²) in [6, 6.07) is 8.31. The first-order valence-electron chi connectivity index (χ1n) is 8.63. The summed E-state index contributed by atoms with van der Waals surface area (Å²) >= 11 is 3.25. The van der Waals surface area contributed by atoms with Gasteiger partial charge in [-0.15, -0.1) is 22.7 Å². The number of hydrogen-bond donors (Lipinski definition) is 0. The molecule has 0 bridgehead atoms. The first kappa shape index (κ1) is 17.2. The zero-order valence-corrected chi connectivity index (χ0v) is 16.2. The zero-order valence-electron chi connectivity index (χ0n) is 14.6. The van der Waals surface area contributed by atoms with Crippen LogP contribution in [-0.2, 0) is 11.2 Å². The van der Waals surface area contributed by atoms with E-state index in [1.54, 1.807) is 22.7 Å². The molecule has 1 saturated heterocycles. The molecule has 0 N–H and O–H groups in total. The van der Waals surface area contributed by atoms with Gasteiger partial charge < -0.3 is 9.80 Å². The number of benzene rings is 1. The maximum Gasteiger partial charge on any atom is 0.228 e. The van der Waals surface area contributed by atoms with Crippen molar-refractivity contribution in [1.29, 1.82) is 0 Å². The number of rotatable bonds is 4. The fourth-order valence-corrected chi connectivity index (χ4v) is 4.60. The summed E-state index contributed by atoms with van der Waals surface area (Å²) in [5, 5.41) is 6.01. The number of anilines is 1. The molecule has 5 nitrogen and oxygen atoms in total. The molecule has 26 heavy (non-hydrogen) atoms. The number of piperazine rings is 1. The van der Waals surface area contributed by atoms with Gasteiger partial charge in [0, 0.05) is 48.7 Å². The van der Waals surface area contributed by atoms with Crippen LogP contribution < -0.4 is 4.90 Å². The molecule has 134 valence electrons. The summed E-state index contributed by atoms with van der Waals surface area (Å²) in [4.78, 5) is 25.8. The van der Waals surface area contributed by atoms with E-state index < -0.39 is 0 Å². The van der Waals surface area contributed by atoms with Crippen molar-refractivity contribution in [2.75, 3.05) is 31.1 Å². The lowest BCUT2D eigenvalue weighted by atomic mass is 10.1. The van der Waals surface area contributed by atoms with Gasteiger partial charge >= 0.3 is 0 Å². The SMILES string of the molecule is Cc1cccc(-c2nc(CC(=O)N3CCN(c4nccs4)CC3)cs2)c1. The molecule has 0 aliphatic carbocycles. The minimum atomic E-state index is 0.157. The topological polar surface area (TPSA) is 49.3 Å². The average molecular weight is 385 g/mol. The summed E-state index contributed by atoms with van der Waals surface area (Å²) in [7, 11) is 0. The van der Waals surface area contributed by atoms with Gasteiger partial charge in [-0.3, -0.25) is 4.79 Å². The standard InChI is InChI=1S/C19H20N4OS2/c1-14-3-2-4-15(11-14)18-21-16(13-26-18)12-17(24)22-6-8-23(9-7-22)19-20-5-10-25-19/h2-5,10-11,13H,6-9,12H2,1H3. The predicted molar refractivity (Wildman–Crippen MR) is 107 cm³/mol. The Bertz CT molecular complexity index is 883. The Hall–Kier alpha value is -2.25. The normalized spacial score (nSPS) is 14.7. The van der Waals surface area contributed by atoms with Crippen molar-refractivity contribution in [2.24, 2.45) is 0 Å². The fraction of sp³-hybridized carbons (Fsp3) is 0.316. The molecule has 0 atom stereocenters. The minimum absolute atomic E-state index is 0.157. The Morgan fingerprint density at radius 2 is 2.04 bits per heavy atom. The van der Waals surface area contributed by atoms with Crippen LogP contribution in [0.2, 0.25) is 0 Å². The molecule has 0 saturated carbocycles. The highest BCUT2D eigenvalue weighted by Crippen LogP contribution is 2.25. The van der Waals surface area contributed by atoms with Crippen LogP contribution in [0.4, 0.5) is 5.13 Å². The quantitative estimate of drug-likeness (QED) is 0.691. The predicted octanol–water partition coefficient (Wildman–Crippen LogP) is 3.47. The lowest BCUT2D eigenvalue weighted by molar-refractivity contribution is -0.130. The largest absolute Gasteiger partial charge is 0.345 e. The van der Waals surface area contributed by atoms with Gasteiger partial charge in [0.05, 0.1) is 12.1 Å². The summed E-state index contributed by atoms with van der Waals surface area (Å²) in [5.41, 5.74) is 3.19. The van der Waals surface area contributed by atoms with Crippen LogP contribution in [0, 0.1) is 6.92 Å². The van der Waals surface area contributed by atoms with Crippen molar-refractivity contribution < 1.29 is 4.79 Å². The third kappa shape index (κ3) is 3.78. The highest BCUT2D eigenvalue weighted by Gasteiger charge is 2.23. The highest BCUT2D eigenvalue weighted by atomic mass is 32.1. The van der Waals surface area contributed by atoms with Gasteiger partial charge in [0.1, 0.15) is 5.01 Å².